The number of carboxylic acids is 1. The Morgan fingerprint density at radius 2 is 2.06 bits per heavy atom. The second-order valence-electron chi connectivity index (χ2n) is 10.5. The number of aromatic nitrogens is 1. The lowest BCUT2D eigenvalue weighted by molar-refractivity contribution is 0.0694. The molecular weight excluding hydrogens is 406 g/mol. The van der Waals surface area contributed by atoms with Crippen LogP contribution >= 0.6 is 0 Å². The van der Waals surface area contributed by atoms with Gasteiger partial charge < -0.3 is 19.1 Å². The minimum absolute atomic E-state index is 0.0592. The fraction of sp³-hybridized carbons (Fsp3) is 0.538. The first-order valence-corrected chi connectivity index (χ1v) is 11.6. The van der Waals surface area contributed by atoms with Crippen molar-refractivity contribution >= 4 is 5.97 Å². The first-order chi connectivity index (χ1) is 15.1. The van der Waals surface area contributed by atoms with Crippen LogP contribution in [-0.2, 0) is 12.8 Å². The van der Waals surface area contributed by atoms with E-state index in [1.165, 1.54) is 25.1 Å². The summed E-state index contributed by atoms with van der Waals surface area (Å²) in [6.45, 7) is 9.07. The first-order valence-electron chi connectivity index (χ1n) is 11.6. The van der Waals surface area contributed by atoms with E-state index in [0.29, 0.717) is 13.0 Å². The summed E-state index contributed by atoms with van der Waals surface area (Å²) in [6.07, 6.45) is 6.67. The second kappa shape index (κ2) is 7.39. The van der Waals surface area contributed by atoms with Crippen molar-refractivity contribution < 1.29 is 19.4 Å². The molecular formula is C26H31NO5. The summed E-state index contributed by atoms with van der Waals surface area (Å²) in [5.74, 6) is 1.45. The van der Waals surface area contributed by atoms with E-state index in [1.54, 1.807) is 0 Å². The molecule has 32 heavy (non-hydrogen) atoms. The van der Waals surface area contributed by atoms with Crippen molar-refractivity contribution in [3.05, 3.63) is 45.2 Å². The third kappa shape index (κ3) is 3.59. The third-order valence-corrected chi connectivity index (χ3v) is 7.01. The zero-order valence-corrected chi connectivity index (χ0v) is 19.2. The maximum atomic E-state index is 12.7. The highest BCUT2D eigenvalue weighted by Gasteiger charge is 2.39. The van der Waals surface area contributed by atoms with Gasteiger partial charge in [-0.2, -0.15) is 0 Å². The average molecular weight is 438 g/mol. The van der Waals surface area contributed by atoms with Gasteiger partial charge in [0.25, 0.3) is 0 Å². The van der Waals surface area contributed by atoms with E-state index in [-0.39, 0.29) is 23.1 Å². The molecule has 5 rings (SSSR count). The Bertz CT molecular complexity index is 1160. The molecule has 3 heterocycles. The van der Waals surface area contributed by atoms with Crippen molar-refractivity contribution in [1.82, 2.24) is 4.57 Å². The van der Waals surface area contributed by atoms with Crippen LogP contribution in [-0.4, -0.2) is 27.9 Å². The highest BCUT2D eigenvalue weighted by molar-refractivity contribution is 5.88. The van der Waals surface area contributed by atoms with Crippen LogP contribution < -0.4 is 14.9 Å². The van der Waals surface area contributed by atoms with Crippen molar-refractivity contribution in [2.24, 2.45) is 11.8 Å². The number of carbonyl (C=O) groups is 1. The summed E-state index contributed by atoms with van der Waals surface area (Å²) in [5, 5.41) is 9.52. The lowest BCUT2D eigenvalue weighted by Crippen LogP contribution is -2.29. The highest BCUT2D eigenvalue weighted by atomic mass is 16.5. The van der Waals surface area contributed by atoms with Crippen molar-refractivity contribution in [3.8, 4) is 22.8 Å². The smallest absolute Gasteiger partial charge is 0.341 e. The zero-order valence-electron chi connectivity index (χ0n) is 19.2. The third-order valence-electron chi connectivity index (χ3n) is 7.01. The van der Waals surface area contributed by atoms with Crippen molar-refractivity contribution in [3.63, 3.8) is 0 Å². The number of rotatable bonds is 6. The molecule has 170 valence electrons. The molecule has 0 saturated heterocycles. The normalized spacial score (nSPS) is 20.3. The molecule has 2 aliphatic heterocycles. The van der Waals surface area contributed by atoms with E-state index >= 15 is 0 Å². The summed E-state index contributed by atoms with van der Waals surface area (Å²) < 4.78 is 14.6. The molecule has 1 aromatic heterocycles. The molecule has 0 bridgehead atoms. The van der Waals surface area contributed by atoms with E-state index in [2.05, 4.69) is 33.8 Å². The van der Waals surface area contributed by atoms with Gasteiger partial charge in [-0.3, -0.25) is 4.79 Å². The lowest BCUT2D eigenvalue weighted by atomic mass is 9.83. The van der Waals surface area contributed by atoms with Gasteiger partial charge >= 0.3 is 5.97 Å². The van der Waals surface area contributed by atoms with Crippen LogP contribution in [0.25, 0.3) is 11.3 Å². The van der Waals surface area contributed by atoms with Crippen molar-refractivity contribution in [2.75, 3.05) is 6.61 Å². The van der Waals surface area contributed by atoms with Gasteiger partial charge in [-0.1, -0.05) is 26.7 Å². The quantitative estimate of drug-likeness (QED) is 0.698. The number of hydrogen-bond acceptors (Lipinski definition) is 4. The second-order valence-corrected chi connectivity index (χ2v) is 10.5. The van der Waals surface area contributed by atoms with Crippen LogP contribution in [0.4, 0.5) is 0 Å². The summed E-state index contributed by atoms with van der Waals surface area (Å²) in [6, 6.07) is 3.65. The topological polar surface area (TPSA) is 77.8 Å². The monoisotopic (exact) mass is 437 g/mol. The number of pyridine rings is 1. The van der Waals surface area contributed by atoms with Crippen molar-refractivity contribution in [1.29, 1.82) is 0 Å². The van der Waals surface area contributed by atoms with Crippen LogP contribution in [0, 0.1) is 11.8 Å². The van der Waals surface area contributed by atoms with Gasteiger partial charge in [-0.15, -0.1) is 0 Å². The predicted octanol–water partition coefficient (Wildman–Crippen LogP) is 4.86. The van der Waals surface area contributed by atoms with E-state index in [0.717, 1.165) is 52.6 Å². The number of fused-ring (bicyclic) bond motifs is 5. The number of aromatic carboxylic acids is 1. The van der Waals surface area contributed by atoms with E-state index in [9.17, 15) is 14.7 Å². The lowest BCUT2D eigenvalue weighted by Gasteiger charge is -2.34. The summed E-state index contributed by atoms with van der Waals surface area (Å²) in [7, 11) is 0. The maximum Gasteiger partial charge on any atom is 0.341 e. The fourth-order valence-electron chi connectivity index (χ4n) is 5.17. The Balaban J connectivity index is 1.67. The molecule has 1 aliphatic carbocycles. The number of nitrogens with zero attached hydrogens (tertiary/aromatic N) is 1. The number of benzene rings is 1. The molecule has 0 unspecified atom stereocenters. The SMILES string of the molecule is CC(C)[C@@H]1Cc2cc(OCCC3CC3)c3c(c2-c2cc(=O)c(C(=O)O)cn21)CC(C)(C)O3. The van der Waals surface area contributed by atoms with E-state index in [4.69, 9.17) is 9.47 Å². The Morgan fingerprint density at radius 1 is 1.31 bits per heavy atom. The Hall–Kier alpha value is -2.76. The molecule has 0 spiro atoms. The van der Waals surface area contributed by atoms with Crippen LogP contribution in [0.15, 0.2) is 23.1 Å². The van der Waals surface area contributed by atoms with Crippen LogP contribution in [0.5, 0.6) is 11.5 Å². The standard InChI is InChI=1S/C26H31NO5/c1-14(2)19-9-16-10-22(31-8-7-15-5-6-15)24-17(12-26(3,4)32-24)23(16)20-11-21(28)18(25(29)30)13-27(19)20/h10-11,13-15,19H,5-9,12H2,1-4H3,(H,29,30)/t19-/m0/s1. The Morgan fingerprint density at radius 3 is 2.72 bits per heavy atom. The van der Waals surface area contributed by atoms with Gasteiger partial charge in [0.05, 0.1) is 12.3 Å². The van der Waals surface area contributed by atoms with Gasteiger partial charge in [0.1, 0.15) is 11.2 Å². The summed E-state index contributed by atoms with van der Waals surface area (Å²) in [4.78, 5) is 24.3. The predicted molar refractivity (Wildman–Crippen MR) is 122 cm³/mol. The molecule has 1 fully saturated rings. The van der Waals surface area contributed by atoms with Gasteiger partial charge in [0.2, 0.25) is 0 Å². The molecule has 1 saturated carbocycles. The Kier molecular flexibility index (Phi) is 4.88. The molecule has 1 atom stereocenters. The molecule has 1 N–H and O–H groups in total. The maximum absolute atomic E-state index is 12.7. The van der Waals surface area contributed by atoms with Crippen LogP contribution in [0.3, 0.4) is 0 Å². The zero-order chi connectivity index (χ0) is 22.8. The van der Waals surface area contributed by atoms with E-state index in [1.807, 2.05) is 4.57 Å². The molecule has 1 aromatic carbocycles. The summed E-state index contributed by atoms with van der Waals surface area (Å²) >= 11 is 0. The van der Waals surface area contributed by atoms with Gasteiger partial charge in [-0.05, 0) is 50.2 Å². The number of ether oxygens (including phenoxy) is 2. The number of carboxylic acid groups (broad SMARTS) is 1. The van der Waals surface area contributed by atoms with Crippen molar-refractivity contribution in [2.45, 2.75) is 71.4 Å². The average Bonchev–Trinajstić information content (AvgIpc) is 3.46. The molecule has 3 aliphatic rings. The number of hydrogen-bond donors (Lipinski definition) is 1. The molecule has 2 aromatic rings. The molecule has 0 amide bonds. The highest BCUT2D eigenvalue weighted by Crippen LogP contribution is 2.51. The molecule has 6 nitrogen and oxygen atoms in total. The summed E-state index contributed by atoms with van der Waals surface area (Å²) in [5.41, 5.74) is 2.98. The largest absolute Gasteiger partial charge is 0.490 e. The molecule has 6 heteroatoms. The minimum Gasteiger partial charge on any atom is -0.490 e. The molecule has 0 radical (unpaired) electrons. The fourth-order valence-corrected chi connectivity index (χ4v) is 5.17. The van der Waals surface area contributed by atoms with Gasteiger partial charge in [0.15, 0.2) is 16.9 Å². The minimum atomic E-state index is -1.19. The van der Waals surface area contributed by atoms with Gasteiger partial charge in [-0.25, -0.2) is 4.79 Å². The van der Waals surface area contributed by atoms with Crippen LogP contribution in [0.2, 0.25) is 0 Å². The van der Waals surface area contributed by atoms with E-state index < -0.39 is 11.4 Å². The first kappa shape index (κ1) is 21.1. The Labute approximate surface area is 188 Å². The van der Waals surface area contributed by atoms with Crippen LogP contribution in [0.1, 0.15) is 74.5 Å². The van der Waals surface area contributed by atoms with Gasteiger partial charge in [0, 0.05) is 35.9 Å².